The maximum Gasteiger partial charge on any atom is 0.401 e. The van der Waals surface area contributed by atoms with Crippen LogP contribution in [0.4, 0.5) is 13.2 Å². The van der Waals surface area contributed by atoms with Gasteiger partial charge in [0.2, 0.25) is 5.91 Å². The van der Waals surface area contributed by atoms with E-state index in [9.17, 15) is 18.0 Å². The number of alkyl halides is 3. The zero-order valence-electron chi connectivity index (χ0n) is 12.1. The largest absolute Gasteiger partial charge is 0.401 e. The van der Waals surface area contributed by atoms with Crippen LogP contribution in [0.15, 0.2) is 0 Å². The molecule has 0 aromatic rings. The summed E-state index contributed by atoms with van der Waals surface area (Å²) >= 11 is 0. The van der Waals surface area contributed by atoms with E-state index in [1.165, 1.54) is 4.90 Å². The Morgan fingerprint density at radius 1 is 1.40 bits per heavy atom. The van der Waals surface area contributed by atoms with Crippen molar-refractivity contribution >= 4 is 5.91 Å². The third kappa shape index (κ3) is 5.66. The maximum absolute atomic E-state index is 12.5. The molecule has 1 fully saturated rings. The van der Waals surface area contributed by atoms with Crippen molar-refractivity contribution in [2.75, 3.05) is 19.6 Å². The summed E-state index contributed by atoms with van der Waals surface area (Å²) in [4.78, 5) is 12.9. The molecule has 3 N–H and O–H groups in total. The van der Waals surface area contributed by atoms with E-state index in [0.29, 0.717) is 25.9 Å². The molecule has 0 saturated heterocycles. The Morgan fingerprint density at radius 2 is 2.00 bits per heavy atom. The summed E-state index contributed by atoms with van der Waals surface area (Å²) in [5, 5.41) is 3.01. The molecule has 7 heteroatoms. The van der Waals surface area contributed by atoms with Gasteiger partial charge < -0.3 is 11.1 Å². The van der Waals surface area contributed by atoms with Gasteiger partial charge in [-0.05, 0) is 45.7 Å². The summed E-state index contributed by atoms with van der Waals surface area (Å²) in [6, 6.07) is 0.0515. The topological polar surface area (TPSA) is 58.4 Å². The average Bonchev–Trinajstić information content (AvgIpc) is 3.09. The van der Waals surface area contributed by atoms with Gasteiger partial charge in [-0.1, -0.05) is 6.92 Å². The third-order valence-electron chi connectivity index (χ3n) is 3.68. The molecule has 0 aromatic carbocycles. The molecule has 0 heterocycles. The van der Waals surface area contributed by atoms with Crippen molar-refractivity contribution in [3.05, 3.63) is 0 Å². The smallest absolute Gasteiger partial charge is 0.368 e. The third-order valence-corrected chi connectivity index (χ3v) is 3.68. The number of carbonyl (C=O) groups is 1. The van der Waals surface area contributed by atoms with Gasteiger partial charge in [0.15, 0.2) is 0 Å². The molecular formula is C13H24F3N3O. The standard InChI is InChI=1S/C13H24F3N3O/c1-3-18-12(2,11(17)20)7-4-8-19(10-5-6-10)9-13(14,15)16/h10,18H,3-9H2,1-2H3,(H2,17,20). The molecule has 0 bridgehead atoms. The van der Waals surface area contributed by atoms with Crippen molar-refractivity contribution in [3.63, 3.8) is 0 Å². The van der Waals surface area contributed by atoms with Gasteiger partial charge in [0.25, 0.3) is 0 Å². The van der Waals surface area contributed by atoms with Gasteiger partial charge in [-0.2, -0.15) is 13.2 Å². The van der Waals surface area contributed by atoms with Crippen LogP contribution in [0.1, 0.15) is 39.5 Å². The van der Waals surface area contributed by atoms with Crippen molar-refractivity contribution in [3.8, 4) is 0 Å². The fraction of sp³-hybridized carbons (Fsp3) is 0.923. The molecule has 1 rings (SSSR count). The number of hydrogen-bond donors (Lipinski definition) is 2. The normalized spacial score (nSPS) is 19.1. The first-order chi connectivity index (χ1) is 9.18. The number of nitrogens with two attached hydrogens (primary N) is 1. The Bertz CT molecular complexity index is 331. The number of halogens is 3. The van der Waals surface area contributed by atoms with Gasteiger partial charge in [0, 0.05) is 6.04 Å². The Balaban J connectivity index is 2.45. The number of rotatable bonds is 9. The van der Waals surface area contributed by atoms with E-state index in [4.69, 9.17) is 5.73 Å². The van der Waals surface area contributed by atoms with Crippen molar-refractivity contribution in [1.82, 2.24) is 10.2 Å². The molecule has 0 spiro atoms. The summed E-state index contributed by atoms with van der Waals surface area (Å²) in [7, 11) is 0. The first kappa shape index (κ1) is 17.2. The van der Waals surface area contributed by atoms with Crippen LogP contribution in [-0.4, -0.2) is 48.2 Å². The Morgan fingerprint density at radius 3 is 2.40 bits per heavy atom. The first-order valence-corrected chi connectivity index (χ1v) is 7.03. The molecule has 20 heavy (non-hydrogen) atoms. The molecule has 4 nitrogen and oxygen atoms in total. The molecule has 1 saturated carbocycles. The second-order valence-electron chi connectivity index (χ2n) is 5.65. The van der Waals surface area contributed by atoms with Crippen LogP contribution in [0.5, 0.6) is 0 Å². The lowest BCUT2D eigenvalue weighted by Crippen LogP contribution is -2.53. The Kier molecular flexibility index (Phi) is 5.82. The zero-order valence-corrected chi connectivity index (χ0v) is 12.1. The number of hydrogen-bond acceptors (Lipinski definition) is 3. The second-order valence-corrected chi connectivity index (χ2v) is 5.65. The van der Waals surface area contributed by atoms with Crippen LogP contribution in [0.25, 0.3) is 0 Å². The van der Waals surface area contributed by atoms with Crippen molar-refractivity contribution in [1.29, 1.82) is 0 Å². The molecule has 1 aliphatic rings. The summed E-state index contributed by atoms with van der Waals surface area (Å²) < 4.78 is 37.4. The van der Waals surface area contributed by atoms with E-state index >= 15 is 0 Å². The van der Waals surface area contributed by atoms with Crippen LogP contribution in [0, 0.1) is 0 Å². The summed E-state index contributed by atoms with van der Waals surface area (Å²) in [6.07, 6.45) is -1.56. The lowest BCUT2D eigenvalue weighted by atomic mass is 9.94. The number of carbonyl (C=O) groups excluding carboxylic acids is 1. The van der Waals surface area contributed by atoms with E-state index in [-0.39, 0.29) is 6.04 Å². The van der Waals surface area contributed by atoms with Crippen LogP contribution in [-0.2, 0) is 4.79 Å². The predicted molar refractivity (Wildman–Crippen MR) is 71.2 cm³/mol. The molecular weight excluding hydrogens is 271 g/mol. The minimum Gasteiger partial charge on any atom is -0.368 e. The zero-order chi connectivity index (χ0) is 15.4. The van der Waals surface area contributed by atoms with Crippen molar-refractivity contribution in [2.45, 2.75) is 57.3 Å². The van der Waals surface area contributed by atoms with Crippen LogP contribution in [0.3, 0.4) is 0 Å². The summed E-state index contributed by atoms with van der Waals surface area (Å²) in [5.41, 5.74) is 4.51. The number of nitrogens with zero attached hydrogens (tertiary/aromatic N) is 1. The number of likely N-dealkylation sites (N-methyl/N-ethyl adjacent to an activating group) is 1. The van der Waals surface area contributed by atoms with Crippen molar-refractivity contribution < 1.29 is 18.0 Å². The highest BCUT2D eigenvalue weighted by Gasteiger charge is 2.38. The molecule has 118 valence electrons. The fourth-order valence-corrected chi connectivity index (χ4v) is 2.39. The van der Waals surface area contributed by atoms with Gasteiger partial charge in [0.05, 0.1) is 12.1 Å². The minimum absolute atomic E-state index is 0.0515. The minimum atomic E-state index is -4.17. The Hall–Kier alpha value is -0.820. The molecule has 1 aliphatic carbocycles. The van der Waals surface area contributed by atoms with E-state index in [0.717, 1.165) is 12.8 Å². The van der Waals surface area contributed by atoms with Gasteiger partial charge in [0.1, 0.15) is 0 Å². The number of primary amides is 1. The quantitative estimate of drug-likeness (QED) is 0.680. The fourth-order valence-electron chi connectivity index (χ4n) is 2.39. The second kappa shape index (κ2) is 6.76. The maximum atomic E-state index is 12.5. The lowest BCUT2D eigenvalue weighted by molar-refractivity contribution is -0.147. The van der Waals surface area contributed by atoms with E-state index in [1.807, 2.05) is 6.92 Å². The molecule has 1 amide bonds. The van der Waals surface area contributed by atoms with Crippen LogP contribution in [0.2, 0.25) is 0 Å². The monoisotopic (exact) mass is 295 g/mol. The average molecular weight is 295 g/mol. The number of nitrogens with one attached hydrogen (secondary N) is 1. The highest BCUT2D eigenvalue weighted by atomic mass is 19.4. The summed E-state index contributed by atoms with van der Waals surface area (Å²) in [6.45, 7) is 3.63. The van der Waals surface area contributed by atoms with E-state index in [1.54, 1.807) is 6.92 Å². The Labute approximate surface area is 117 Å². The van der Waals surface area contributed by atoms with Crippen LogP contribution >= 0.6 is 0 Å². The molecule has 1 atom stereocenters. The van der Waals surface area contributed by atoms with Crippen LogP contribution < -0.4 is 11.1 Å². The molecule has 0 aliphatic heterocycles. The van der Waals surface area contributed by atoms with E-state index in [2.05, 4.69) is 5.32 Å². The highest BCUT2D eigenvalue weighted by Crippen LogP contribution is 2.30. The van der Waals surface area contributed by atoms with E-state index < -0.39 is 24.2 Å². The molecule has 1 unspecified atom stereocenters. The predicted octanol–water partition coefficient (Wildman–Crippen LogP) is 1.65. The summed E-state index contributed by atoms with van der Waals surface area (Å²) in [5.74, 6) is -0.465. The molecule has 0 aromatic heterocycles. The highest BCUT2D eigenvalue weighted by molar-refractivity contribution is 5.84. The van der Waals surface area contributed by atoms with Gasteiger partial charge in [-0.15, -0.1) is 0 Å². The number of amides is 1. The van der Waals surface area contributed by atoms with Crippen molar-refractivity contribution in [2.24, 2.45) is 5.73 Å². The molecule has 0 radical (unpaired) electrons. The first-order valence-electron chi connectivity index (χ1n) is 7.03. The van der Waals surface area contributed by atoms with Gasteiger partial charge in [-0.25, -0.2) is 0 Å². The lowest BCUT2D eigenvalue weighted by Gasteiger charge is -2.29. The van der Waals surface area contributed by atoms with Gasteiger partial charge in [-0.3, -0.25) is 9.69 Å². The van der Waals surface area contributed by atoms with Gasteiger partial charge >= 0.3 is 6.18 Å². The SMILES string of the molecule is CCNC(C)(CCCN(CC(F)(F)F)C1CC1)C(N)=O.